The van der Waals surface area contributed by atoms with Crippen LogP contribution in [0, 0.1) is 6.92 Å². The molecule has 0 radical (unpaired) electrons. The van der Waals surface area contributed by atoms with E-state index < -0.39 is 0 Å². The number of aromatic amines is 1. The van der Waals surface area contributed by atoms with Gasteiger partial charge in [0.15, 0.2) is 5.95 Å². The number of rotatable bonds is 3. The van der Waals surface area contributed by atoms with Crippen molar-refractivity contribution in [1.82, 2.24) is 9.97 Å². The summed E-state index contributed by atoms with van der Waals surface area (Å²) in [5, 5.41) is 0. The molecule has 0 unspecified atom stereocenters. The second-order valence-electron chi connectivity index (χ2n) is 3.40. The summed E-state index contributed by atoms with van der Waals surface area (Å²) in [5.41, 5.74) is 7.53. The molecule has 1 aromatic heterocycles. The van der Waals surface area contributed by atoms with Gasteiger partial charge in [0.1, 0.15) is 12.4 Å². The van der Waals surface area contributed by atoms with Crippen molar-refractivity contribution in [2.45, 2.75) is 13.5 Å². The van der Waals surface area contributed by atoms with Gasteiger partial charge in [-0.2, -0.15) is 0 Å². The highest BCUT2D eigenvalue weighted by Gasteiger charge is 1.98. The van der Waals surface area contributed by atoms with Crippen molar-refractivity contribution >= 4 is 5.95 Å². The Morgan fingerprint density at radius 3 is 2.67 bits per heavy atom. The Balaban J connectivity index is 1.96. The minimum atomic E-state index is 0.414. The van der Waals surface area contributed by atoms with Gasteiger partial charge >= 0.3 is 0 Å². The first kappa shape index (κ1) is 9.58. The SMILES string of the molecule is Cc1ccc(OCc2cnc(N)[nH]2)cc1. The fourth-order valence-corrected chi connectivity index (χ4v) is 1.25. The summed E-state index contributed by atoms with van der Waals surface area (Å²) >= 11 is 0. The molecule has 0 amide bonds. The van der Waals surface area contributed by atoms with Gasteiger partial charge in [-0.05, 0) is 19.1 Å². The highest BCUT2D eigenvalue weighted by molar-refractivity contribution is 5.26. The smallest absolute Gasteiger partial charge is 0.197 e. The van der Waals surface area contributed by atoms with E-state index in [9.17, 15) is 0 Å². The molecule has 2 aromatic rings. The number of nitrogen functional groups attached to an aromatic ring is 1. The van der Waals surface area contributed by atoms with Crippen molar-refractivity contribution in [3.63, 3.8) is 0 Å². The van der Waals surface area contributed by atoms with E-state index in [1.165, 1.54) is 5.56 Å². The fraction of sp³-hybridized carbons (Fsp3) is 0.182. The van der Waals surface area contributed by atoms with Crippen LogP contribution in [0.2, 0.25) is 0 Å². The van der Waals surface area contributed by atoms with Crippen molar-refractivity contribution in [3.8, 4) is 5.75 Å². The highest BCUT2D eigenvalue weighted by atomic mass is 16.5. The number of nitrogens with one attached hydrogen (secondary N) is 1. The predicted molar refractivity (Wildman–Crippen MR) is 58.5 cm³/mol. The lowest BCUT2D eigenvalue weighted by atomic mass is 10.2. The van der Waals surface area contributed by atoms with Crippen LogP contribution in [0.25, 0.3) is 0 Å². The normalized spacial score (nSPS) is 10.2. The summed E-state index contributed by atoms with van der Waals surface area (Å²) < 4.78 is 5.53. The fourth-order valence-electron chi connectivity index (χ4n) is 1.25. The van der Waals surface area contributed by atoms with Crippen molar-refractivity contribution < 1.29 is 4.74 Å². The zero-order valence-electron chi connectivity index (χ0n) is 8.53. The van der Waals surface area contributed by atoms with Crippen LogP contribution in [-0.4, -0.2) is 9.97 Å². The van der Waals surface area contributed by atoms with Crippen LogP contribution in [0.1, 0.15) is 11.3 Å². The molecule has 0 atom stereocenters. The molecule has 0 aliphatic heterocycles. The Morgan fingerprint density at radius 1 is 1.33 bits per heavy atom. The van der Waals surface area contributed by atoms with Gasteiger partial charge in [0.25, 0.3) is 0 Å². The van der Waals surface area contributed by atoms with Crippen LogP contribution >= 0.6 is 0 Å². The maximum Gasteiger partial charge on any atom is 0.197 e. The molecule has 0 fully saturated rings. The number of nitrogens with zero attached hydrogens (tertiary/aromatic N) is 1. The van der Waals surface area contributed by atoms with Crippen LogP contribution in [-0.2, 0) is 6.61 Å². The number of hydrogen-bond acceptors (Lipinski definition) is 3. The van der Waals surface area contributed by atoms with E-state index >= 15 is 0 Å². The molecule has 0 saturated carbocycles. The van der Waals surface area contributed by atoms with E-state index in [2.05, 4.69) is 9.97 Å². The van der Waals surface area contributed by atoms with Gasteiger partial charge in [-0.1, -0.05) is 17.7 Å². The predicted octanol–water partition coefficient (Wildman–Crippen LogP) is 1.88. The van der Waals surface area contributed by atoms with E-state index in [0.717, 1.165) is 11.4 Å². The van der Waals surface area contributed by atoms with Gasteiger partial charge in [-0.25, -0.2) is 4.98 Å². The maximum absolute atomic E-state index is 5.53. The maximum atomic E-state index is 5.53. The van der Waals surface area contributed by atoms with Crippen molar-refractivity contribution in [2.75, 3.05) is 5.73 Å². The van der Waals surface area contributed by atoms with Crippen LogP contribution in [0.5, 0.6) is 5.75 Å². The third-order valence-corrected chi connectivity index (χ3v) is 2.06. The van der Waals surface area contributed by atoms with Gasteiger partial charge in [0, 0.05) is 0 Å². The first-order valence-corrected chi connectivity index (χ1v) is 4.73. The summed E-state index contributed by atoms with van der Waals surface area (Å²) in [7, 11) is 0. The Bertz CT molecular complexity index is 433. The number of aromatic nitrogens is 2. The number of hydrogen-bond donors (Lipinski definition) is 2. The molecule has 0 spiro atoms. The number of ether oxygens (including phenoxy) is 1. The summed E-state index contributed by atoms with van der Waals surface area (Å²) in [6.45, 7) is 2.49. The molecular formula is C11H13N3O. The molecule has 2 rings (SSSR count). The highest BCUT2D eigenvalue weighted by Crippen LogP contribution is 2.13. The molecule has 1 aromatic carbocycles. The second-order valence-corrected chi connectivity index (χ2v) is 3.40. The van der Waals surface area contributed by atoms with Crippen LogP contribution in [0.4, 0.5) is 5.95 Å². The zero-order chi connectivity index (χ0) is 10.7. The molecule has 4 heteroatoms. The van der Waals surface area contributed by atoms with Gasteiger partial charge in [0.2, 0.25) is 0 Å². The molecule has 78 valence electrons. The average molecular weight is 203 g/mol. The quantitative estimate of drug-likeness (QED) is 0.800. The molecule has 3 N–H and O–H groups in total. The van der Waals surface area contributed by atoms with E-state index in [1.807, 2.05) is 31.2 Å². The molecular weight excluding hydrogens is 190 g/mol. The van der Waals surface area contributed by atoms with Crippen LogP contribution in [0.3, 0.4) is 0 Å². The summed E-state index contributed by atoms with van der Waals surface area (Å²) in [5.74, 6) is 1.26. The first-order valence-electron chi connectivity index (χ1n) is 4.73. The van der Waals surface area contributed by atoms with E-state index in [4.69, 9.17) is 10.5 Å². The number of aryl methyl sites for hydroxylation is 1. The number of benzene rings is 1. The number of anilines is 1. The molecule has 15 heavy (non-hydrogen) atoms. The molecule has 0 aliphatic carbocycles. The largest absolute Gasteiger partial charge is 0.487 e. The Labute approximate surface area is 88.1 Å². The topological polar surface area (TPSA) is 63.9 Å². The minimum absolute atomic E-state index is 0.414. The Morgan fingerprint density at radius 2 is 2.07 bits per heavy atom. The second kappa shape index (κ2) is 4.04. The summed E-state index contributed by atoms with van der Waals surface area (Å²) in [6.07, 6.45) is 1.67. The van der Waals surface area contributed by atoms with Gasteiger partial charge in [-0.15, -0.1) is 0 Å². The summed E-state index contributed by atoms with van der Waals surface area (Å²) in [4.78, 5) is 6.78. The standard InChI is InChI=1S/C11H13N3O/c1-8-2-4-10(5-3-8)15-7-9-6-13-11(12)14-9/h2-6H,7H2,1H3,(H3,12,13,14). The molecule has 0 saturated heterocycles. The lowest BCUT2D eigenvalue weighted by Crippen LogP contribution is -1.96. The molecule has 0 aliphatic rings. The molecule has 4 nitrogen and oxygen atoms in total. The Kier molecular flexibility index (Phi) is 2.58. The Hall–Kier alpha value is -1.97. The number of imidazole rings is 1. The average Bonchev–Trinajstić information content (AvgIpc) is 2.64. The third-order valence-electron chi connectivity index (χ3n) is 2.06. The lowest BCUT2D eigenvalue weighted by molar-refractivity contribution is 0.302. The first-order chi connectivity index (χ1) is 7.24. The molecule has 1 heterocycles. The molecule has 0 bridgehead atoms. The van der Waals surface area contributed by atoms with Crippen LogP contribution < -0.4 is 10.5 Å². The third kappa shape index (κ3) is 2.49. The van der Waals surface area contributed by atoms with Crippen LogP contribution in [0.15, 0.2) is 30.5 Å². The monoisotopic (exact) mass is 203 g/mol. The van der Waals surface area contributed by atoms with E-state index in [-0.39, 0.29) is 0 Å². The summed E-state index contributed by atoms with van der Waals surface area (Å²) in [6, 6.07) is 7.90. The van der Waals surface area contributed by atoms with Crippen molar-refractivity contribution in [1.29, 1.82) is 0 Å². The zero-order valence-corrected chi connectivity index (χ0v) is 8.53. The van der Waals surface area contributed by atoms with E-state index in [1.54, 1.807) is 6.20 Å². The number of nitrogens with two attached hydrogens (primary N) is 1. The minimum Gasteiger partial charge on any atom is -0.487 e. The van der Waals surface area contributed by atoms with Gasteiger partial charge in [0.05, 0.1) is 11.9 Å². The van der Waals surface area contributed by atoms with Crippen molar-refractivity contribution in [2.24, 2.45) is 0 Å². The van der Waals surface area contributed by atoms with Gasteiger partial charge < -0.3 is 15.5 Å². The number of H-pyrrole nitrogens is 1. The van der Waals surface area contributed by atoms with E-state index in [0.29, 0.717) is 12.6 Å². The van der Waals surface area contributed by atoms with Gasteiger partial charge in [-0.3, -0.25) is 0 Å². The van der Waals surface area contributed by atoms with Crippen molar-refractivity contribution in [3.05, 3.63) is 41.7 Å². The lowest BCUT2D eigenvalue weighted by Gasteiger charge is -2.04.